The zero-order chi connectivity index (χ0) is 14.3. The molecule has 0 aromatic rings. The van der Waals surface area contributed by atoms with Crippen molar-refractivity contribution in [1.29, 1.82) is 0 Å². The van der Waals surface area contributed by atoms with E-state index in [1.54, 1.807) is 7.11 Å². The van der Waals surface area contributed by atoms with Crippen molar-refractivity contribution < 1.29 is 14.2 Å². The van der Waals surface area contributed by atoms with Crippen LogP contribution in [-0.2, 0) is 14.2 Å². The van der Waals surface area contributed by atoms with E-state index in [9.17, 15) is 0 Å². The summed E-state index contributed by atoms with van der Waals surface area (Å²) in [7, 11) is 1.71. The Morgan fingerprint density at radius 1 is 1.15 bits per heavy atom. The molecule has 2 aliphatic carbocycles. The molecular formula is C16H31NO3. The Morgan fingerprint density at radius 2 is 2.00 bits per heavy atom. The van der Waals surface area contributed by atoms with Gasteiger partial charge < -0.3 is 19.5 Å². The fourth-order valence-corrected chi connectivity index (χ4v) is 3.57. The van der Waals surface area contributed by atoms with Gasteiger partial charge in [0.15, 0.2) is 0 Å². The number of unbranched alkanes of at least 4 members (excludes halogenated alkanes) is 1. The van der Waals surface area contributed by atoms with Gasteiger partial charge in [-0.1, -0.05) is 6.42 Å². The highest BCUT2D eigenvalue weighted by atomic mass is 16.5. The summed E-state index contributed by atoms with van der Waals surface area (Å²) in [4.78, 5) is 0. The van der Waals surface area contributed by atoms with E-state index in [1.165, 1.54) is 32.1 Å². The van der Waals surface area contributed by atoms with Crippen LogP contribution in [0.25, 0.3) is 0 Å². The first kappa shape index (κ1) is 16.2. The van der Waals surface area contributed by atoms with Crippen molar-refractivity contribution in [2.24, 2.45) is 5.41 Å². The number of ether oxygens (including phenoxy) is 3. The molecular weight excluding hydrogens is 254 g/mol. The molecule has 20 heavy (non-hydrogen) atoms. The van der Waals surface area contributed by atoms with Crippen molar-refractivity contribution in [3.05, 3.63) is 0 Å². The van der Waals surface area contributed by atoms with Gasteiger partial charge in [0.25, 0.3) is 0 Å². The third-order valence-electron chi connectivity index (χ3n) is 4.98. The molecule has 118 valence electrons. The maximum atomic E-state index is 5.88. The van der Waals surface area contributed by atoms with Crippen LogP contribution in [0.3, 0.4) is 0 Å². The van der Waals surface area contributed by atoms with Gasteiger partial charge in [0.1, 0.15) is 0 Å². The van der Waals surface area contributed by atoms with Crippen LogP contribution in [0.15, 0.2) is 0 Å². The maximum Gasteiger partial charge on any atom is 0.0700 e. The average molecular weight is 285 g/mol. The number of rotatable bonds is 11. The number of hydrogen-bond acceptors (Lipinski definition) is 4. The fraction of sp³-hybridized carbons (Fsp3) is 1.00. The van der Waals surface area contributed by atoms with Gasteiger partial charge in [0.05, 0.1) is 19.3 Å². The molecule has 0 amide bonds. The van der Waals surface area contributed by atoms with Crippen molar-refractivity contribution in [1.82, 2.24) is 5.32 Å². The van der Waals surface area contributed by atoms with Gasteiger partial charge in [-0.2, -0.15) is 0 Å². The lowest BCUT2D eigenvalue weighted by Crippen LogP contribution is -2.66. The maximum absolute atomic E-state index is 5.88. The lowest BCUT2D eigenvalue weighted by atomic mass is 9.51. The minimum Gasteiger partial charge on any atom is -0.382 e. The zero-order valence-corrected chi connectivity index (χ0v) is 13.2. The second kappa shape index (κ2) is 8.32. The van der Waals surface area contributed by atoms with E-state index in [4.69, 9.17) is 14.2 Å². The second-order valence-electron chi connectivity index (χ2n) is 6.09. The molecule has 0 heterocycles. The summed E-state index contributed by atoms with van der Waals surface area (Å²) in [6.45, 7) is 6.34. The van der Waals surface area contributed by atoms with Crippen LogP contribution in [0.1, 0.15) is 45.4 Å². The lowest BCUT2D eigenvalue weighted by molar-refractivity contribution is -0.172. The summed E-state index contributed by atoms with van der Waals surface area (Å²) in [6.07, 6.45) is 8.15. The summed E-state index contributed by atoms with van der Waals surface area (Å²) in [5.74, 6) is 0. The molecule has 1 N–H and O–H groups in total. The smallest absolute Gasteiger partial charge is 0.0700 e. The van der Waals surface area contributed by atoms with E-state index in [0.717, 1.165) is 26.2 Å². The molecule has 4 heteroatoms. The van der Waals surface area contributed by atoms with E-state index >= 15 is 0 Å². The first-order valence-corrected chi connectivity index (χ1v) is 8.25. The van der Waals surface area contributed by atoms with Crippen LogP contribution in [0.5, 0.6) is 0 Å². The molecule has 0 saturated heterocycles. The van der Waals surface area contributed by atoms with Crippen LogP contribution in [0, 0.1) is 5.41 Å². The summed E-state index contributed by atoms with van der Waals surface area (Å²) < 4.78 is 16.3. The Hall–Kier alpha value is -0.160. The van der Waals surface area contributed by atoms with Gasteiger partial charge in [-0.05, 0) is 45.6 Å². The van der Waals surface area contributed by atoms with Gasteiger partial charge in [-0.25, -0.2) is 0 Å². The molecule has 0 bridgehead atoms. The van der Waals surface area contributed by atoms with Crippen molar-refractivity contribution in [2.75, 3.05) is 40.1 Å². The van der Waals surface area contributed by atoms with Crippen LogP contribution in [0.4, 0.5) is 0 Å². The van der Waals surface area contributed by atoms with Crippen LogP contribution >= 0.6 is 0 Å². The van der Waals surface area contributed by atoms with Crippen molar-refractivity contribution in [2.45, 2.75) is 57.6 Å². The predicted octanol–water partition coefficient (Wildman–Crippen LogP) is 2.37. The Labute approximate surface area is 123 Å². The Balaban J connectivity index is 1.50. The van der Waals surface area contributed by atoms with Gasteiger partial charge >= 0.3 is 0 Å². The Bertz CT molecular complexity index is 268. The minimum atomic E-state index is 0.491. The van der Waals surface area contributed by atoms with Crippen molar-refractivity contribution in [3.8, 4) is 0 Å². The highest BCUT2D eigenvalue weighted by molar-refractivity contribution is 5.11. The molecule has 0 radical (unpaired) electrons. The summed E-state index contributed by atoms with van der Waals surface area (Å²) in [5.41, 5.74) is 0.491. The first-order valence-electron chi connectivity index (χ1n) is 8.25. The van der Waals surface area contributed by atoms with Gasteiger partial charge in [0, 0.05) is 31.8 Å². The predicted molar refractivity (Wildman–Crippen MR) is 80.0 cm³/mol. The molecule has 2 unspecified atom stereocenters. The molecule has 2 atom stereocenters. The fourth-order valence-electron chi connectivity index (χ4n) is 3.57. The topological polar surface area (TPSA) is 39.7 Å². The largest absolute Gasteiger partial charge is 0.382 e. The third kappa shape index (κ3) is 3.73. The number of methoxy groups -OCH3 is 1. The molecule has 2 saturated carbocycles. The van der Waals surface area contributed by atoms with Gasteiger partial charge in [0.2, 0.25) is 0 Å². The normalized spacial score (nSPS) is 27.3. The molecule has 2 aliphatic rings. The van der Waals surface area contributed by atoms with E-state index in [0.29, 0.717) is 30.8 Å². The Kier molecular flexibility index (Phi) is 6.75. The first-order chi connectivity index (χ1) is 9.83. The average Bonchev–Trinajstić information content (AvgIpc) is 2.37. The van der Waals surface area contributed by atoms with E-state index in [2.05, 4.69) is 12.2 Å². The molecule has 2 fully saturated rings. The van der Waals surface area contributed by atoms with Crippen molar-refractivity contribution in [3.63, 3.8) is 0 Å². The lowest BCUT2D eigenvalue weighted by Gasteiger charge is -2.61. The van der Waals surface area contributed by atoms with Crippen LogP contribution in [0.2, 0.25) is 0 Å². The van der Waals surface area contributed by atoms with Gasteiger partial charge in [-0.15, -0.1) is 0 Å². The number of hydrogen-bond donors (Lipinski definition) is 1. The molecule has 0 aromatic heterocycles. The van der Waals surface area contributed by atoms with E-state index in [1.807, 2.05) is 0 Å². The Morgan fingerprint density at radius 3 is 2.65 bits per heavy atom. The molecule has 0 aliphatic heterocycles. The molecule has 2 rings (SSSR count). The molecule has 1 spiro atoms. The van der Waals surface area contributed by atoms with E-state index in [-0.39, 0.29) is 0 Å². The standard InChI is InChI=1S/C16H31NO3/c1-3-20-15-13-14(16(15)7-6-8-16)17-9-4-5-10-19-12-11-18-2/h14-15,17H,3-13H2,1-2H3. The van der Waals surface area contributed by atoms with Gasteiger partial charge in [-0.3, -0.25) is 0 Å². The summed E-state index contributed by atoms with van der Waals surface area (Å²) in [6, 6.07) is 0.696. The molecule has 0 aromatic carbocycles. The van der Waals surface area contributed by atoms with Crippen molar-refractivity contribution >= 4 is 0 Å². The number of nitrogens with one attached hydrogen (secondary N) is 1. The zero-order valence-electron chi connectivity index (χ0n) is 13.2. The second-order valence-corrected chi connectivity index (χ2v) is 6.09. The van der Waals surface area contributed by atoms with Crippen LogP contribution < -0.4 is 5.32 Å². The highest BCUT2D eigenvalue weighted by Crippen LogP contribution is 2.57. The summed E-state index contributed by atoms with van der Waals surface area (Å²) in [5, 5.41) is 3.74. The minimum absolute atomic E-state index is 0.491. The highest BCUT2D eigenvalue weighted by Gasteiger charge is 2.58. The van der Waals surface area contributed by atoms with Crippen LogP contribution in [-0.4, -0.2) is 52.2 Å². The van der Waals surface area contributed by atoms with E-state index < -0.39 is 0 Å². The third-order valence-corrected chi connectivity index (χ3v) is 4.98. The SMILES string of the molecule is CCOC1CC(NCCCCOCCOC)C12CCC2. The monoisotopic (exact) mass is 285 g/mol. The molecule has 4 nitrogen and oxygen atoms in total. The quantitative estimate of drug-likeness (QED) is 0.592. The summed E-state index contributed by atoms with van der Waals surface area (Å²) >= 11 is 0.